The first-order valence-corrected chi connectivity index (χ1v) is 5.78. The zero-order valence-electron chi connectivity index (χ0n) is 10.6. The second kappa shape index (κ2) is 6.25. The minimum absolute atomic E-state index is 0.240. The first-order valence-electron chi connectivity index (χ1n) is 5.78. The van der Waals surface area contributed by atoms with Crippen molar-refractivity contribution in [3.05, 3.63) is 29.3 Å². The maximum absolute atomic E-state index is 11.5. The predicted molar refractivity (Wildman–Crippen MR) is 69.2 cm³/mol. The van der Waals surface area contributed by atoms with Crippen LogP contribution in [0.2, 0.25) is 0 Å². The standard InChI is InChI=1S/C13H20N2O2/c1-9-6-10(2)8-12(7-9)15-13(17)14-5-4-11(3)16/h6-8,11,16H,4-5H2,1-3H3,(H2,14,15,17). The van der Waals surface area contributed by atoms with Crippen LogP contribution in [0.25, 0.3) is 0 Å². The Bertz CT molecular complexity index is 369. The van der Waals surface area contributed by atoms with Gasteiger partial charge in [0.05, 0.1) is 6.10 Å². The molecule has 0 aliphatic carbocycles. The van der Waals surface area contributed by atoms with Crippen LogP contribution in [0.4, 0.5) is 10.5 Å². The monoisotopic (exact) mass is 236 g/mol. The van der Waals surface area contributed by atoms with E-state index < -0.39 is 6.10 Å². The van der Waals surface area contributed by atoms with Crippen LogP contribution < -0.4 is 10.6 Å². The lowest BCUT2D eigenvalue weighted by molar-refractivity contribution is 0.184. The summed E-state index contributed by atoms with van der Waals surface area (Å²) in [6.45, 7) is 6.14. The molecular weight excluding hydrogens is 216 g/mol. The van der Waals surface area contributed by atoms with Gasteiger partial charge in [0.15, 0.2) is 0 Å². The van der Waals surface area contributed by atoms with E-state index in [2.05, 4.69) is 16.7 Å². The van der Waals surface area contributed by atoms with Crippen molar-refractivity contribution >= 4 is 11.7 Å². The number of hydrogen-bond donors (Lipinski definition) is 3. The second-order valence-corrected chi connectivity index (χ2v) is 4.39. The van der Waals surface area contributed by atoms with Crippen molar-refractivity contribution in [1.29, 1.82) is 0 Å². The van der Waals surface area contributed by atoms with Crippen molar-refractivity contribution in [3.63, 3.8) is 0 Å². The molecule has 17 heavy (non-hydrogen) atoms. The normalized spacial score (nSPS) is 12.0. The minimum Gasteiger partial charge on any atom is -0.393 e. The fourth-order valence-electron chi connectivity index (χ4n) is 1.62. The fraction of sp³-hybridized carbons (Fsp3) is 0.462. The Morgan fingerprint density at radius 2 is 1.88 bits per heavy atom. The van der Waals surface area contributed by atoms with Crippen LogP contribution in [-0.4, -0.2) is 23.8 Å². The van der Waals surface area contributed by atoms with Gasteiger partial charge in [-0.3, -0.25) is 0 Å². The summed E-state index contributed by atoms with van der Waals surface area (Å²) in [5, 5.41) is 14.5. The zero-order valence-corrected chi connectivity index (χ0v) is 10.6. The van der Waals surface area contributed by atoms with Gasteiger partial charge in [-0.05, 0) is 50.5 Å². The van der Waals surface area contributed by atoms with E-state index in [0.717, 1.165) is 16.8 Å². The SMILES string of the molecule is Cc1cc(C)cc(NC(=O)NCCC(C)O)c1. The molecule has 4 heteroatoms. The van der Waals surface area contributed by atoms with Gasteiger partial charge < -0.3 is 15.7 Å². The molecular formula is C13H20N2O2. The number of hydrogen-bond acceptors (Lipinski definition) is 2. The first-order chi connectivity index (χ1) is 7.97. The van der Waals surface area contributed by atoms with E-state index in [1.807, 2.05) is 26.0 Å². The molecule has 0 spiro atoms. The van der Waals surface area contributed by atoms with E-state index >= 15 is 0 Å². The highest BCUT2D eigenvalue weighted by molar-refractivity contribution is 5.89. The molecule has 2 amide bonds. The molecule has 94 valence electrons. The molecule has 0 saturated carbocycles. The van der Waals surface area contributed by atoms with E-state index in [4.69, 9.17) is 5.11 Å². The van der Waals surface area contributed by atoms with Crippen molar-refractivity contribution in [1.82, 2.24) is 5.32 Å². The van der Waals surface area contributed by atoms with Crippen LogP contribution in [0.1, 0.15) is 24.5 Å². The Balaban J connectivity index is 2.45. The number of aliphatic hydroxyl groups is 1. The van der Waals surface area contributed by atoms with Crippen LogP contribution in [0, 0.1) is 13.8 Å². The smallest absolute Gasteiger partial charge is 0.319 e. The first kappa shape index (κ1) is 13.5. The molecule has 4 nitrogen and oxygen atoms in total. The molecule has 0 aromatic heterocycles. The number of carbonyl (C=O) groups excluding carboxylic acids is 1. The molecule has 0 fully saturated rings. The van der Waals surface area contributed by atoms with E-state index in [9.17, 15) is 4.79 Å². The molecule has 3 N–H and O–H groups in total. The predicted octanol–water partition coefficient (Wildman–Crippen LogP) is 2.20. The molecule has 0 radical (unpaired) electrons. The largest absolute Gasteiger partial charge is 0.393 e. The number of anilines is 1. The van der Waals surface area contributed by atoms with Crippen LogP contribution in [0.5, 0.6) is 0 Å². The van der Waals surface area contributed by atoms with Gasteiger partial charge in [-0.15, -0.1) is 0 Å². The average Bonchev–Trinajstić information content (AvgIpc) is 2.14. The average molecular weight is 236 g/mol. The zero-order chi connectivity index (χ0) is 12.8. The quantitative estimate of drug-likeness (QED) is 0.750. The summed E-state index contributed by atoms with van der Waals surface area (Å²) in [4.78, 5) is 11.5. The number of amides is 2. The lowest BCUT2D eigenvalue weighted by Crippen LogP contribution is -2.30. The van der Waals surface area contributed by atoms with Gasteiger partial charge in [0, 0.05) is 12.2 Å². The Morgan fingerprint density at radius 1 is 1.29 bits per heavy atom. The van der Waals surface area contributed by atoms with Gasteiger partial charge in [0.25, 0.3) is 0 Å². The highest BCUT2D eigenvalue weighted by atomic mass is 16.3. The lowest BCUT2D eigenvalue weighted by atomic mass is 10.1. The van der Waals surface area contributed by atoms with Crippen molar-refractivity contribution in [2.24, 2.45) is 0 Å². The number of benzene rings is 1. The van der Waals surface area contributed by atoms with Gasteiger partial charge in [-0.25, -0.2) is 4.79 Å². The summed E-state index contributed by atoms with van der Waals surface area (Å²) >= 11 is 0. The van der Waals surface area contributed by atoms with E-state index in [-0.39, 0.29) is 6.03 Å². The van der Waals surface area contributed by atoms with Gasteiger partial charge in [0.2, 0.25) is 0 Å². The number of aryl methyl sites for hydroxylation is 2. The Hall–Kier alpha value is -1.55. The molecule has 1 unspecified atom stereocenters. The second-order valence-electron chi connectivity index (χ2n) is 4.39. The Morgan fingerprint density at radius 3 is 2.41 bits per heavy atom. The van der Waals surface area contributed by atoms with Gasteiger partial charge in [0.1, 0.15) is 0 Å². The molecule has 0 bridgehead atoms. The summed E-state index contributed by atoms with van der Waals surface area (Å²) in [5.41, 5.74) is 3.02. The van der Waals surface area contributed by atoms with Gasteiger partial charge in [-0.2, -0.15) is 0 Å². The number of carbonyl (C=O) groups is 1. The number of urea groups is 1. The van der Waals surface area contributed by atoms with Crippen LogP contribution in [0.15, 0.2) is 18.2 Å². The third-order valence-corrected chi connectivity index (χ3v) is 2.33. The van der Waals surface area contributed by atoms with E-state index in [0.29, 0.717) is 13.0 Å². The van der Waals surface area contributed by atoms with Gasteiger partial charge in [-0.1, -0.05) is 6.07 Å². The molecule has 1 rings (SSSR count). The molecule has 0 heterocycles. The van der Waals surface area contributed by atoms with E-state index in [1.165, 1.54) is 0 Å². The number of nitrogens with one attached hydrogen (secondary N) is 2. The molecule has 1 aromatic rings. The maximum atomic E-state index is 11.5. The topological polar surface area (TPSA) is 61.4 Å². The van der Waals surface area contributed by atoms with Crippen molar-refractivity contribution in [2.75, 3.05) is 11.9 Å². The van der Waals surface area contributed by atoms with Crippen molar-refractivity contribution in [2.45, 2.75) is 33.3 Å². The molecule has 0 saturated heterocycles. The maximum Gasteiger partial charge on any atom is 0.319 e. The van der Waals surface area contributed by atoms with Crippen LogP contribution >= 0.6 is 0 Å². The summed E-state index contributed by atoms with van der Waals surface area (Å²) in [6, 6.07) is 5.65. The molecule has 1 atom stereocenters. The molecule has 0 aliphatic rings. The summed E-state index contributed by atoms with van der Waals surface area (Å²) in [5.74, 6) is 0. The third-order valence-electron chi connectivity index (χ3n) is 2.33. The third kappa shape index (κ3) is 5.36. The molecule has 1 aromatic carbocycles. The highest BCUT2D eigenvalue weighted by Crippen LogP contribution is 2.13. The molecule has 0 aliphatic heterocycles. The van der Waals surface area contributed by atoms with E-state index in [1.54, 1.807) is 6.92 Å². The summed E-state index contributed by atoms with van der Waals surface area (Å²) < 4.78 is 0. The van der Waals surface area contributed by atoms with Crippen molar-refractivity contribution in [3.8, 4) is 0 Å². The van der Waals surface area contributed by atoms with Gasteiger partial charge >= 0.3 is 6.03 Å². The number of aliphatic hydroxyl groups excluding tert-OH is 1. The summed E-state index contributed by atoms with van der Waals surface area (Å²) in [6.07, 6.45) is 0.164. The van der Waals surface area contributed by atoms with Crippen LogP contribution in [-0.2, 0) is 0 Å². The Kier molecular flexibility index (Phi) is 4.97. The summed E-state index contributed by atoms with van der Waals surface area (Å²) in [7, 11) is 0. The van der Waals surface area contributed by atoms with Crippen molar-refractivity contribution < 1.29 is 9.90 Å². The number of rotatable bonds is 4. The fourth-order valence-corrected chi connectivity index (χ4v) is 1.62. The lowest BCUT2D eigenvalue weighted by Gasteiger charge is -2.09. The van der Waals surface area contributed by atoms with Crippen LogP contribution in [0.3, 0.4) is 0 Å². The minimum atomic E-state index is -0.392. The Labute approximate surface area is 102 Å². The highest BCUT2D eigenvalue weighted by Gasteiger charge is 2.03.